The summed E-state index contributed by atoms with van der Waals surface area (Å²) in [7, 11) is 2.23. The molecule has 2 fully saturated rings. The van der Waals surface area contributed by atoms with Crippen molar-refractivity contribution in [3.8, 4) is 0 Å². The minimum atomic E-state index is 0.650. The second kappa shape index (κ2) is 5.48. The van der Waals surface area contributed by atoms with Crippen molar-refractivity contribution in [1.29, 1.82) is 0 Å². The number of piperidine rings is 2. The molecule has 2 rings (SSSR count). The highest BCUT2D eigenvalue weighted by molar-refractivity contribution is 4.90. The van der Waals surface area contributed by atoms with Gasteiger partial charge in [-0.1, -0.05) is 6.42 Å². The van der Waals surface area contributed by atoms with Gasteiger partial charge in [0.25, 0.3) is 0 Å². The molecule has 0 amide bonds. The van der Waals surface area contributed by atoms with Gasteiger partial charge < -0.3 is 10.6 Å². The van der Waals surface area contributed by atoms with E-state index in [1.807, 2.05) is 0 Å². The normalized spacial score (nSPS) is 35.4. The molecule has 0 spiro atoms. The molecule has 2 aliphatic rings. The van der Waals surface area contributed by atoms with E-state index in [4.69, 9.17) is 5.73 Å². The van der Waals surface area contributed by atoms with Crippen LogP contribution in [0, 0.1) is 0 Å². The third kappa shape index (κ3) is 2.58. The third-order valence-electron chi connectivity index (χ3n) is 4.47. The minimum absolute atomic E-state index is 0.650. The smallest absolute Gasteiger partial charge is 0.0224 e. The predicted octanol–water partition coefficient (Wildman–Crippen LogP) is 1.28. The summed E-state index contributed by atoms with van der Waals surface area (Å²) in [5.74, 6) is 0. The Morgan fingerprint density at radius 1 is 1.12 bits per heavy atom. The van der Waals surface area contributed by atoms with E-state index in [0.717, 1.165) is 18.6 Å². The number of hydrogen-bond acceptors (Lipinski definition) is 3. The molecule has 0 bridgehead atoms. The van der Waals surface area contributed by atoms with Gasteiger partial charge in [-0.3, -0.25) is 4.90 Å². The van der Waals surface area contributed by atoms with E-state index >= 15 is 0 Å². The van der Waals surface area contributed by atoms with Crippen molar-refractivity contribution < 1.29 is 0 Å². The molecular weight excluding hydrogens is 198 g/mol. The van der Waals surface area contributed by atoms with Gasteiger partial charge in [0.15, 0.2) is 0 Å². The van der Waals surface area contributed by atoms with E-state index in [-0.39, 0.29) is 0 Å². The fraction of sp³-hybridized carbons (Fsp3) is 1.00. The second-order valence-corrected chi connectivity index (χ2v) is 5.65. The van der Waals surface area contributed by atoms with E-state index < -0.39 is 0 Å². The Hall–Kier alpha value is -0.120. The van der Waals surface area contributed by atoms with Gasteiger partial charge in [0, 0.05) is 24.7 Å². The molecule has 0 aromatic rings. The summed E-state index contributed by atoms with van der Waals surface area (Å²) in [4.78, 5) is 5.19. The van der Waals surface area contributed by atoms with Crippen molar-refractivity contribution in [1.82, 2.24) is 9.80 Å². The first kappa shape index (κ1) is 12.3. The largest absolute Gasteiger partial charge is 0.329 e. The molecule has 2 unspecified atom stereocenters. The molecule has 2 aliphatic heterocycles. The maximum absolute atomic E-state index is 5.94. The molecule has 0 saturated carbocycles. The molecule has 2 heterocycles. The Morgan fingerprint density at radius 3 is 2.44 bits per heavy atom. The van der Waals surface area contributed by atoms with Crippen molar-refractivity contribution in [3.63, 3.8) is 0 Å². The van der Waals surface area contributed by atoms with Gasteiger partial charge in [0.2, 0.25) is 0 Å². The number of hydrogen-bond donors (Lipinski definition) is 1. The molecule has 16 heavy (non-hydrogen) atoms. The SMILES string of the molecule is CC1CCCC(CN)N1C1CCN(C)CC1. The molecule has 3 nitrogen and oxygen atoms in total. The van der Waals surface area contributed by atoms with Crippen molar-refractivity contribution in [2.75, 3.05) is 26.7 Å². The Kier molecular flexibility index (Phi) is 4.22. The predicted molar refractivity (Wildman–Crippen MR) is 68.5 cm³/mol. The van der Waals surface area contributed by atoms with Crippen LogP contribution < -0.4 is 5.73 Å². The Morgan fingerprint density at radius 2 is 1.81 bits per heavy atom. The molecule has 0 aliphatic carbocycles. The Bertz CT molecular complexity index is 211. The zero-order valence-electron chi connectivity index (χ0n) is 10.9. The molecule has 2 atom stereocenters. The molecule has 0 radical (unpaired) electrons. The lowest BCUT2D eigenvalue weighted by Gasteiger charge is -2.47. The van der Waals surface area contributed by atoms with Crippen LogP contribution in [0.3, 0.4) is 0 Å². The molecule has 94 valence electrons. The van der Waals surface area contributed by atoms with Gasteiger partial charge in [-0.25, -0.2) is 0 Å². The van der Waals surface area contributed by atoms with Gasteiger partial charge in [-0.15, -0.1) is 0 Å². The van der Waals surface area contributed by atoms with E-state index in [1.165, 1.54) is 45.2 Å². The van der Waals surface area contributed by atoms with Gasteiger partial charge in [-0.2, -0.15) is 0 Å². The summed E-state index contributed by atoms with van der Waals surface area (Å²) in [5.41, 5.74) is 5.94. The van der Waals surface area contributed by atoms with Crippen LogP contribution in [0.4, 0.5) is 0 Å². The number of nitrogens with zero attached hydrogens (tertiary/aromatic N) is 2. The van der Waals surface area contributed by atoms with Crippen molar-refractivity contribution in [2.45, 2.75) is 57.2 Å². The average Bonchev–Trinajstić information content (AvgIpc) is 2.30. The molecule has 2 saturated heterocycles. The van der Waals surface area contributed by atoms with Crippen LogP contribution in [0.1, 0.15) is 39.0 Å². The molecule has 0 aromatic heterocycles. The van der Waals surface area contributed by atoms with Crippen LogP contribution in [0.15, 0.2) is 0 Å². The third-order valence-corrected chi connectivity index (χ3v) is 4.47. The highest BCUT2D eigenvalue weighted by Crippen LogP contribution is 2.28. The maximum atomic E-state index is 5.94. The first-order valence-corrected chi connectivity index (χ1v) is 6.88. The standard InChI is InChI=1S/C13H27N3/c1-11-4-3-5-13(10-14)16(11)12-6-8-15(2)9-7-12/h11-13H,3-10,14H2,1-2H3. The first-order chi connectivity index (χ1) is 7.72. The lowest BCUT2D eigenvalue weighted by Crippen LogP contribution is -2.56. The fourth-order valence-corrected chi connectivity index (χ4v) is 3.50. The highest BCUT2D eigenvalue weighted by atomic mass is 15.2. The zero-order chi connectivity index (χ0) is 11.5. The fourth-order valence-electron chi connectivity index (χ4n) is 3.50. The van der Waals surface area contributed by atoms with E-state index in [0.29, 0.717) is 6.04 Å². The summed E-state index contributed by atoms with van der Waals surface area (Å²) in [5, 5.41) is 0. The summed E-state index contributed by atoms with van der Waals surface area (Å²) in [6.07, 6.45) is 6.71. The summed E-state index contributed by atoms with van der Waals surface area (Å²) in [6.45, 7) is 5.74. The Balaban J connectivity index is 1.98. The van der Waals surface area contributed by atoms with Crippen LogP contribution in [-0.2, 0) is 0 Å². The number of rotatable bonds is 2. The minimum Gasteiger partial charge on any atom is -0.329 e. The molecule has 2 N–H and O–H groups in total. The first-order valence-electron chi connectivity index (χ1n) is 6.88. The van der Waals surface area contributed by atoms with Crippen LogP contribution in [0.25, 0.3) is 0 Å². The quantitative estimate of drug-likeness (QED) is 0.768. The maximum Gasteiger partial charge on any atom is 0.0224 e. The monoisotopic (exact) mass is 225 g/mol. The summed E-state index contributed by atoms with van der Waals surface area (Å²) < 4.78 is 0. The van der Waals surface area contributed by atoms with Gasteiger partial charge >= 0.3 is 0 Å². The van der Waals surface area contributed by atoms with Crippen LogP contribution in [-0.4, -0.2) is 54.6 Å². The number of nitrogens with two attached hydrogens (primary N) is 1. The van der Waals surface area contributed by atoms with Crippen molar-refractivity contribution in [3.05, 3.63) is 0 Å². The van der Waals surface area contributed by atoms with Crippen molar-refractivity contribution >= 4 is 0 Å². The molecule has 0 aromatic carbocycles. The Labute approximate surface area is 100.0 Å². The van der Waals surface area contributed by atoms with Crippen molar-refractivity contribution in [2.24, 2.45) is 5.73 Å². The van der Waals surface area contributed by atoms with E-state index in [9.17, 15) is 0 Å². The zero-order valence-corrected chi connectivity index (χ0v) is 10.9. The van der Waals surface area contributed by atoms with Crippen LogP contribution >= 0.6 is 0 Å². The van der Waals surface area contributed by atoms with E-state index in [2.05, 4.69) is 23.8 Å². The lowest BCUT2D eigenvalue weighted by atomic mass is 9.91. The van der Waals surface area contributed by atoms with Crippen LogP contribution in [0.5, 0.6) is 0 Å². The molecule has 3 heteroatoms. The van der Waals surface area contributed by atoms with Crippen LogP contribution in [0.2, 0.25) is 0 Å². The molecular formula is C13H27N3. The lowest BCUT2D eigenvalue weighted by molar-refractivity contribution is 0.0214. The average molecular weight is 225 g/mol. The summed E-state index contributed by atoms with van der Waals surface area (Å²) in [6, 6.07) is 2.19. The van der Waals surface area contributed by atoms with E-state index in [1.54, 1.807) is 0 Å². The second-order valence-electron chi connectivity index (χ2n) is 5.65. The highest BCUT2D eigenvalue weighted by Gasteiger charge is 2.33. The summed E-state index contributed by atoms with van der Waals surface area (Å²) >= 11 is 0. The van der Waals surface area contributed by atoms with Gasteiger partial charge in [0.1, 0.15) is 0 Å². The topological polar surface area (TPSA) is 32.5 Å². The van der Waals surface area contributed by atoms with Gasteiger partial charge in [0.05, 0.1) is 0 Å². The number of likely N-dealkylation sites (tertiary alicyclic amines) is 2. The van der Waals surface area contributed by atoms with Gasteiger partial charge in [-0.05, 0) is 52.7 Å².